The predicted octanol–water partition coefficient (Wildman–Crippen LogP) is 9.06. The number of nitrogens with one attached hydrogen (secondary N) is 2. The van der Waals surface area contributed by atoms with E-state index in [2.05, 4.69) is 37.3 Å². The first-order valence-corrected chi connectivity index (χ1v) is 26.0. The maximum atomic E-state index is 13.3. The summed E-state index contributed by atoms with van der Waals surface area (Å²) >= 11 is 0. The molecule has 0 unspecified atom stereocenters. The summed E-state index contributed by atoms with van der Waals surface area (Å²) in [5, 5.41) is 22.5. The molecule has 378 valence electrons. The first-order valence-electron chi connectivity index (χ1n) is 26.0. The average Bonchev–Trinajstić information content (AvgIpc) is 3.97. The summed E-state index contributed by atoms with van der Waals surface area (Å²) in [6.45, 7) is 13.1. The fraction of sp³-hybridized carbons (Fsp3) is 0.667. The van der Waals surface area contributed by atoms with Gasteiger partial charge in [0.15, 0.2) is 0 Å². The molecule has 0 radical (unpaired) electrons. The van der Waals surface area contributed by atoms with Crippen molar-refractivity contribution >= 4 is 46.1 Å². The zero-order chi connectivity index (χ0) is 49.6. The Balaban J connectivity index is 0.000000174. The summed E-state index contributed by atoms with van der Waals surface area (Å²) in [4.78, 5) is 56.0. The van der Waals surface area contributed by atoms with E-state index < -0.39 is 29.4 Å². The fourth-order valence-corrected chi connectivity index (χ4v) is 11.6. The van der Waals surface area contributed by atoms with E-state index in [4.69, 9.17) is 9.47 Å². The van der Waals surface area contributed by atoms with Crippen molar-refractivity contribution in [1.29, 1.82) is 0 Å². The number of carbonyl (C=O) groups is 4. The average molecular weight is 961 g/mol. The molecule has 10 rings (SSSR count). The summed E-state index contributed by atoms with van der Waals surface area (Å²) in [6, 6.07) is 10.7. The Hall–Kier alpha value is -5.54. The van der Waals surface area contributed by atoms with E-state index >= 15 is 0 Å². The van der Waals surface area contributed by atoms with Crippen LogP contribution in [-0.2, 0) is 46.2 Å². The lowest BCUT2D eigenvalue weighted by Crippen LogP contribution is -2.47. The van der Waals surface area contributed by atoms with Crippen molar-refractivity contribution in [3.63, 3.8) is 0 Å². The maximum absolute atomic E-state index is 13.3. The highest BCUT2D eigenvalue weighted by Gasteiger charge is 2.47. The highest BCUT2D eigenvalue weighted by Crippen LogP contribution is 2.58. The van der Waals surface area contributed by atoms with Crippen molar-refractivity contribution in [3.05, 3.63) is 59.2 Å². The number of carbonyl (C=O) groups excluding carboxylic acids is 4. The number of hydrogen-bond acceptors (Lipinski definition) is 10. The zero-order valence-electron chi connectivity index (χ0n) is 42.9. The highest BCUT2D eigenvalue weighted by atomic mass is 16.6. The van der Waals surface area contributed by atoms with Crippen LogP contribution < -0.4 is 10.6 Å². The van der Waals surface area contributed by atoms with Gasteiger partial charge in [-0.2, -0.15) is 0 Å². The molecule has 4 aromatic rings. The Bertz CT molecular complexity index is 2600. The van der Waals surface area contributed by atoms with Crippen LogP contribution in [0.2, 0.25) is 0 Å². The van der Waals surface area contributed by atoms with Gasteiger partial charge in [0.05, 0.1) is 11.0 Å². The number of hydrogen-bond donors (Lipinski definition) is 2. The number of fused-ring (bicyclic) bond motifs is 2. The summed E-state index contributed by atoms with van der Waals surface area (Å²) < 4.78 is 14.8. The lowest BCUT2D eigenvalue weighted by Gasteiger charge is -2.30. The lowest BCUT2D eigenvalue weighted by molar-refractivity contribution is -0.126. The lowest BCUT2D eigenvalue weighted by atomic mass is 9.76. The molecule has 4 heterocycles. The minimum atomic E-state index is -0.604. The third-order valence-corrected chi connectivity index (χ3v) is 16.0. The summed E-state index contributed by atoms with van der Waals surface area (Å²) in [7, 11) is 3.71. The first kappa shape index (κ1) is 49.4. The number of benzene rings is 2. The number of aryl methyl sites for hydroxylation is 2. The summed E-state index contributed by atoms with van der Waals surface area (Å²) in [5.74, 6) is 1.08. The van der Waals surface area contributed by atoms with Crippen LogP contribution in [0.25, 0.3) is 22.1 Å². The number of amides is 4. The number of ether oxygens (including phenoxy) is 2. The van der Waals surface area contributed by atoms with Gasteiger partial charge >= 0.3 is 12.2 Å². The topological polar surface area (TPSA) is 179 Å². The molecular formula is C54H76N10O6. The molecule has 2 saturated heterocycles. The molecule has 2 aromatic carbocycles. The van der Waals surface area contributed by atoms with E-state index in [0.717, 1.165) is 52.5 Å². The Morgan fingerprint density at radius 3 is 1.59 bits per heavy atom. The molecule has 4 atom stereocenters. The number of aromatic nitrogens is 6. The molecule has 70 heavy (non-hydrogen) atoms. The zero-order valence-corrected chi connectivity index (χ0v) is 42.9. The van der Waals surface area contributed by atoms with Crippen LogP contribution in [0.1, 0.15) is 149 Å². The van der Waals surface area contributed by atoms with E-state index in [1.54, 1.807) is 19.2 Å². The predicted molar refractivity (Wildman–Crippen MR) is 267 cm³/mol. The normalized spacial score (nSPS) is 23.8. The molecule has 16 nitrogen and oxygen atoms in total. The van der Waals surface area contributed by atoms with Crippen molar-refractivity contribution < 1.29 is 28.7 Å². The molecule has 6 aliphatic rings. The Morgan fingerprint density at radius 2 is 1.13 bits per heavy atom. The van der Waals surface area contributed by atoms with Crippen LogP contribution in [0, 0.1) is 28.6 Å². The van der Waals surface area contributed by atoms with Crippen LogP contribution >= 0.6 is 0 Å². The number of likely N-dealkylation sites (tertiary alicyclic amines) is 2. The van der Waals surface area contributed by atoms with Gasteiger partial charge in [-0.3, -0.25) is 19.4 Å². The van der Waals surface area contributed by atoms with Crippen LogP contribution in [0.4, 0.5) is 9.59 Å². The van der Waals surface area contributed by atoms with Gasteiger partial charge < -0.3 is 20.1 Å². The smallest absolute Gasteiger partial charge is 0.410 e. The van der Waals surface area contributed by atoms with Gasteiger partial charge in [-0.1, -0.05) is 34.2 Å². The van der Waals surface area contributed by atoms with E-state index in [0.29, 0.717) is 61.7 Å². The second kappa shape index (κ2) is 19.6. The van der Waals surface area contributed by atoms with Crippen LogP contribution in [-0.4, -0.2) is 100 Å². The van der Waals surface area contributed by atoms with Gasteiger partial charge in [-0.05, 0) is 202 Å². The molecule has 5 fully saturated rings. The summed E-state index contributed by atoms with van der Waals surface area (Å²) in [5.41, 5.74) is 6.99. The van der Waals surface area contributed by atoms with Crippen molar-refractivity contribution in [2.75, 3.05) is 13.1 Å². The maximum Gasteiger partial charge on any atom is 0.410 e. The van der Waals surface area contributed by atoms with Crippen molar-refractivity contribution in [2.24, 2.45) is 42.7 Å². The van der Waals surface area contributed by atoms with Crippen molar-refractivity contribution in [2.45, 2.75) is 174 Å². The molecule has 0 bridgehead atoms. The van der Waals surface area contributed by atoms with Crippen LogP contribution in [0.15, 0.2) is 48.0 Å². The fourth-order valence-electron chi connectivity index (χ4n) is 11.6. The van der Waals surface area contributed by atoms with E-state index in [9.17, 15) is 19.2 Å². The minimum Gasteiger partial charge on any atom is -0.444 e. The van der Waals surface area contributed by atoms with Gasteiger partial charge in [-0.25, -0.2) is 19.0 Å². The van der Waals surface area contributed by atoms with Crippen LogP contribution in [0.5, 0.6) is 0 Å². The second-order valence-electron chi connectivity index (χ2n) is 24.0. The highest BCUT2D eigenvalue weighted by molar-refractivity contribution is 5.87. The number of rotatable bonds is 10. The van der Waals surface area contributed by atoms with Crippen molar-refractivity contribution in [3.8, 4) is 0 Å². The molecular weight excluding hydrogens is 885 g/mol. The Kier molecular flexibility index (Phi) is 13.8. The van der Waals surface area contributed by atoms with Gasteiger partial charge in [0.2, 0.25) is 11.8 Å². The molecule has 3 saturated carbocycles. The standard InChI is InChI=1S/C27H39N5O3.C27H37N5O3/c2*1-26(2,3)35-25(34)32-17-20(13-18-7-9-27(10-8-18)11-12-27)15-23(32)24(33)28-16-19-5-6-22-21(14-19)29-30-31(22)4/h5-6,14,18,20,23H,7-13,15-17H2,1-4H3,(H,28,33);5-7,14,20,23H,8-13,15-17H2,1-4H3,(H,28,33)/t2*20-,23+/m11/s1. The monoisotopic (exact) mass is 961 g/mol. The van der Waals surface area contributed by atoms with E-state index in [1.165, 1.54) is 69.8 Å². The molecule has 4 aliphatic carbocycles. The SMILES string of the molecule is Cn1nnc2cc(CNC(=O)[C@@H]3C[C@@H](CC4=CCC5(CC4)CC5)CN3C(=O)OC(C)(C)C)ccc21.Cn1nnc2cc(CNC(=O)[C@@H]3C[C@@H](CC4CCC5(CC4)CC5)CN3C(=O)OC(C)(C)C)ccc21. The van der Waals surface area contributed by atoms with Gasteiger partial charge in [-0.15, -0.1) is 10.2 Å². The third-order valence-electron chi connectivity index (χ3n) is 16.0. The number of allylic oxidation sites excluding steroid dienone is 2. The van der Waals surface area contributed by atoms with E-state index in [-0.39, 0.29) is 23.8 Å². The second-order valence-corrected chi connectivity index (χ2v) is 24.0. The number of nitrogens with zero attached hydrogens (tertiary/aromatic N) is 8. The van der Waals surface area contributed by atoms with Crippen molar-refractivity contribution in [1.82, 2.24) is 50.4 Å². The molecule has 2 aromatic heterocycles. The Morgan fingerprint density at radius 1 is 0.643 bits per heavy atom. The molecule has 16 heteroatoms. The first-order chi connectivity index (χ1) is 33.2. The largest absolute Gasteiger partial charge is 0.444 e. The third kappa shape index (κ3) is 12.0. The molecule has 2 spiro atoms. The summed E-state index contributed by atoms with van der Waals surface area (Å²) in [6.07, 6.45) is 19.6. The minimum absolute atomic E-state index is 0.113. The Labute approximate surface area is 413 Å². The van der Waals surface area contributed by atoms with Gasteiger partial charge in [0, 0.05) is 40.3 Å². The molecule has 4 amide bonds. The molecule has 2 N–H and O–H groups in total. The quantitative estimate of drug-likeness (QED) is 0.146. The van der Waals surface area contributed by atoms with Crippen LogP contribution in [0.3, 0.4) is 0 Å². The molecule has 2 aliphatic heterocycles. The van der Waals surface area contributed by atoms with E-state index in [1.807, 2.05) is 92.0 Å². The van der Waals surface area contributed by atoms with Gasteiger partial charge in [0.25, 0.3) is 0 Å². The van der Waals surface area contributed by atoms with Gasteiger partial charge in [0.1, 0.15) is 34.3 Å².